The van der Waals surface area contributed by atoms with Crippen LogP contribution in [0.25, 0.3) is 0 Å². The Hall–Kier alpha value is -3.10. The summed E-state index contributed by atoms with van der Waals surface area (Å²) in [5, 5.41) is 15.4. The first-order valence-electron chi connectivity index (χ1n) is 8.69. The fourth-order valence-electron chi connectivity index (χ4n) is 2.50. The number of anilines is 1. The smallest absolute Gasteiger partial charge is 0.313 e. The molecule has 3 aromatic rings. The van der Waals surface area contributed by atoms with Crippen molar-refractivity contribution in [3.8, 4) is 5.75 Å². The van der Waals surface area contributed by atoms with Gasteiger partial charge in [-0.25, -0.2) is 0 Å². The Bertz CT molecular complexity index is 936. The van der Waals surface area contributed by atoms with Gasteiger partial charge in [-0.05, 0) is 43.3 Å². The van der Waals surface area contributed by atoms with Gasteiger partial charge in [0, 0.05) is 9.75 Å². The van der Waals surface area contributed by atoms with Gasteiger partial charge in [-0.1, -0.05) is 12.1 Å². The molecule has 28 heavy (non-hydrogen) atoms. The number of furan rings is 1. The third kappa shape index (κ3) is 4.79. The molecule has 1 atom stereocenters. The molecule has 7 nitrogen and oxygen atoms in total. The Kier molecular flexibility index (Phi) is 6.46. The number of aliphatic hydroxyl groups is 1. The van der Waals surface area contributed by atoms with Crippen molar-refractivity contribution in [2.45, 2.75) is 19.6 Å². The highest BCUT2D eigenvalue weighted by Crippen LogP contribution is 2.28. The number of carbonyl (C=O) groups is 2. The van der Waals surface area contributed by atoms with Gasteiger partial charge >= 0.3 is 11.8 Å². The van der Waals surface area contributed by atoms with E-state index in [-0.39, 0.29) is 6.54 Å². The molecule has 0 aliphatic heterocycles. The van der Waals surface area contributed by atoms with Crippen molar-refractivity contribution in [3.05, 3.63) is 70.3 Å². The van der Waals surface area contributed by atoms with E-state index in [9.17, 15) is 14.7 Å². The van der Waals surface area contributed by atoms with Crippen LogP contribution in [0.2, 0.25) is 0 Å². The van der Waals surface area contributed by atoms with Gasteiger partial charge in [0.05, 0.1) is 25.1 Å². The summed E-state index contributed by atoms with van der Waals surface area (Å²) in [7, 11) is 0. The van der Waals surface area contributed by atoms with Gasteiger partial charge in [-0.2, -0.15) is 0 Å². The second kappa shape index (κ2) is 9.20. The molecule has 2 heterocycles. The van der Waals surface area contributed by atoms with Crippen LogP contribution in [-0.4, -0.2) is 23.5 Å². The van der Waals surface area contributed by atoms with Gasteiger partial charge in [-0.3, -0.25) is 9.59 Å². The summed E-state index contributed by atoms with van der Waals surface area (Å²) in [4.78, 5) is 25.7. The highest BCUT2D eigenvalue weighted by atomic mass is 32.1. The molecule has 0 fully saturated rings. The first-order chi connectivity index (χ1) is 13.6. The zero-order valence-corrected chi connectivity index (χ0v) is 16.0. The Morgan fingerprint density at radius 2 is 1.96 bits per heavy atom. The van der Waals surface area contributed by atoms with Gasteiger partial charge in [0.25, 0.3) is 0 Å². The summed E-state index contributed by atoms with van der Waals surface area (Å²) in [6.07, 6.45) is 0.637. The lowest BCUT2D eigenvalue weighted by Crippen LogP contribution is -2.34. The lowest BCUT2D eigenvalue weighted by molar-refractivity contribution is -0.136. The minimum atomic E-state index is -0.859. The molecule has 0 aliphatic rings. The van der Waals surface area contributed by atoms with Gasteiger partial charge in [0.15, 0.2) is 0 Å². The molecule has 0 saturated heterocycles. The van der Waals surface area contributed by atoms with Gasteiger partial charge in [-0.15, -0.1) is 11.3 Å². The molecule has 0 radical (unpaired) electrons. The number of ether oxygens (including phenoxy) is 1. The molecule has 1 unspecified atom stereocenters. The molecule has 0 spiro atoms. The van der Waals surface area contributed by atoms with Crippen LogP contribution in [0.1, 0.15) is 28.5 Å². The maximum absolute atomic E-state index is 12.1. The van der Waals surface area contributed by atoms with E-state index in [1.165, 1.54) is 17.6 Å². The third-order valence-corrected chi connectivity index (χ3v) is 4.97. The van der Waals surface area contributed by atoms with E-state index in [1.807, 2.05) is 6.92 Å². The molecule has 1 aromatic carbocycles. The van der Waals surface area contributed by atoms with E-state index >= 15 is 0 Å². The van der Waals surface area contributed by atoms with Gasteiger partial charge in [0.2, 0.25) is 0 Å². The third-order valence-electron chi connectivity index (χ3n) is 3.83. The summed E-state index contributed by atoms with van der Waals surface area (Å²) < 4.78 is 10.6. The minimum Gasteiger partial charge on any atom is -0.492 e. The van der Waals surface area contributed by atoms with Crippen LogP contribution in [0.15, 0.2) is 59.2 Å². The quantitative estimate of drug-likeness (QED) is 0.529. The van der Waals surface area contributed by atoms with E-state index in [4.69, 9.17) is 9.15 Å². The fraction of sp³-hybridized carbons (Fsp3) is 0.200. The minimum absolute atomic E-state index is 0.175. The normalized spacial score (nSPS) is 11.6. The number of amides is 2. The second-order valence-corrected chi connectivity index (χ2v) is 6.99. The number of hydrogen-bond acceptors (Lipinski definition) is 6. The zero-order valence-electron chi connectivity index (χ0n) is 15.2. The van der Waals surface area contributed by atoms with E-state index in [1.54, 1.807) is 48.5 Å². The van der Waals surface area contributed by atoms with Crippen molar-refractivity contribution in [1.82, 2.24) is 5.32 Å². The number of aliphatic hydroxyl groups excluding tert-OH is 1. The average molecular weight is 400 g/mol. The Labute approximate surface area is 166 Å². The highest BCUT2D eigenvalue weighted by Gasteiger charge is 2.18. The predicted molar refractivity (Wildman–Crippen MR) is 105 cm³/mol. The number of thiophene rings is 1. The molecule has 146 valence electrons. The number of hydrogen-bond donors (Lipinski definition) is 3. The molecule has 2 amide bonds. The summed E-state index contributed by atoms with van der Waals surface area (Å²) in [6.45, 7) is 2.46. The summed E-state index contributed by atoms with van der Waals surface area (Å²) >= 11 is 1.33. The SMILES string of the molecule is CCOc1ccccc1NC(=O)C(=O)NCc1ccc(C(O)c2ccco2)s1. The molecule has 3 N–H and O–H groups in total. The number of para-hydroxylation sites is 2. The standard InChI is InChI=1S/C20H20N2O5S/c1-2-26-15-7-4-3-6-14(15)22-20(25)19(24)21-12-13-9-10-17(28-13)18(23)16-8-5-11-27-16/h3-11,18,23H,2,12H2,1H3,(H,21,24)(H,22,25). The van der Waals surface area contributed by atoms with Crippen molar-refractivity contribution in [3.63, 3.8) is 0 Å². The predicted octanol–water partition coefficient (Wildman–Crippen LogP) is 3.08. The summed E-state index contributed by atoms with van der Waals surface area (Å²) in [6, 6.07) is 13.9. The lowest BCUT2D eigenvalue weighted by atomic mass is 10.2. The summed E-state index contributed by atoms with van der Waals surface area (Å²) in [5.74, 6) is -0.585. The lowest BCUT2D eigenvalue weighted by Gasteiger charge is -2.11. The maximum atomic E-state index is 12.1. The summed E-state index contributed by atoms with van der Waals surface area (Å²) in [5.41, 5.74) is 0.435. The number of nitrogens with one attached hydrogen (secondary N) is 2. The van der Waals surface area contributed by atoms with Crippen LogP contribution in [0.3, 0.4) is 0 Å². The molecule has 2 aromatic heterocycles. The van der Waals surface area contributed by atoms with Crippen molar-refractivity contribution in [2.75, 3.05) is 11.9 Å². The molecule has 0 bridgehead atoms. The van der Waals surface area contributed by atoms with Crippen molar-refractivity contribution < 1.29 is 23.8 Å². The van der Waals surface area contributed by atoms with Gasteiger partial charge in [0.1, 0.15) is 17.6 Å². The van der Waals surface area contributed by atoms with E-state index in [2.05, 4.69) is 10.6 Å². The monoisotopic (exact) mass is 400 g/mol. The number of rotatable bonds is 7. The molecular formula is C20H20N2O5S. The van der Waals surface area contributed by atoms with Crippen LogP contribution in [-0.2, 0) is 16.1 Å². The fourth-order valence-corrected chi connectivity index (χ4v) is 3.45. The maximum Gasteiger partial charge on any atom is 0.313 e. The molecule has 3 rings (SSSR count). The van der Waals surface area contributed by atoms with E-state index in [0.717, 1.165) is 4.88 Å². The number of carbonyl (C=O) groups excluding carboxylic acids is 2. The Balaban J connectivity index is 1.55. The Morgan fingerprint density at radius 1 is 1.14 bits per heavy atom. The van der Waals surface area contributed by atoms with E-state index < -0.39 is 17.9 Å². The zero-order chi connectivity index (χ0) is 19.9. The van der Waals surface area contributed by atoms with Crippen molar-refractivity contribution in [1.29, 1.82) is 0 Å². The molecule has 8 heteroatoms. The van der Waals surface area contributed by atoms with Crippen molar-refractivity contribution in [2.24, 2.45) is 0 Å². The van der Waals surface area contributed by atoms with Crippen LogP contribution in [0.4, 0.5) is 5.69 Å². The Morgan fingerprint density at radius 3 is 2.71 bits per heavy atom. The van der Waals surface area contributed by atoms with Crippen LogP contribution in [0, 0.1) is 0 Å². The largest absolute Gasteiger partial charge is 0.492 e. The molecular weight excluding hydrogens is 380 g/mol. The number of benzene rings is 1. The van der Waals surface area contributed by atoms with Crippen molar-refractivity contribution >= 4 is 28.8 Å². The van der Waals surface area contributed by atoms with Gasteiger partial charge < -0.3 is 24.9 Å². The molecule has 0 aliphatic carbocycles. The van der Waals surface area contributed by atoms with E-state index in [0.29, 0.717) is 28.7 Å². The first kappa shape index (κ1) is 19.7. The second-order valence-electron chi connectivity index (χ2n) is 5.79. The molecule has 0 saturated carbocycles. The van der Waals surface area contributed by atoms with Crippen LogP contribution >= 0.6 is 11.3 Å². The highest BCUT2D eigenvalue weighted by molar-refractivity contribution is 7.12. The average Bonchev–Trinajstić information content (AvgIpc) is 3.39. The first-order valence-corrected chi connectivity index (χ1v) is 9.51. The van der Waals surface area contributed by atoms with Crippen LogP contribution in [0.5, 0.6) is 5.75 Å². The van der Waals surface area contributed by atoms with Crippen LogP contribution < -0.4 is 15.4 Å². The topological polar surface area (TPSA) is 101 Å².